The number of nitrogens with zero attached hydrogens (tertiary/aromatic N) is 2. The van der Waals surface area contributed by atoms with Gasteiger partial charge in [0.05, 0.1) is 5.71 Å². The molecule has 23 heavy (non-hydrogen) atoms. The second-order valence-electron chi connectivity index (χ2n) is 6.32. The second-order valence-corrected chi connectivity index (χ2v) is 6.32. The summed E-state index contributed by atoms with van der Waals surface area (Å²) in [6, 6.07) is 3.19. The number of oxime groups is 1. The molecule has 6 heteroatoms. The molecule has 0 N–H and O–H groups in total. The van der Waals surface area contributed by atoms with Gasteiger partial charge in [0.1, 0.15) is 11.6 Å². The Balaban J connectivity index is 1.66. The molecule has 2 aliphatic heterocycles. The Hall–Kier alpha value is -1.98. The minimum Gasteiger partial charge on any atom is -0.382 e. The third-order valence-electron chi connectivity index (χ3n) is 4.51. The van der Waals surface area contributed by atoms with Crippen molar-refractivity contribution in [3.8, 4) is 0 Å². The SMILES string of the molecule is C[C@@H]1CCCN(C(=O)[C@@H]2CC(c3cc(F)ccc3F)=NO2)CC1. The van der Waals surface area contributed by atoms with Gasteiger partial charge in [-0.25, -0.2) is 8.78 Å². The zero-order valence-electron chi connectivity index (χ0n) is 13.1. The molecule has 3 rings (SSSR count). The average Bonchev–Trinajstić information content (AvgIpc) is 2.92. The molecule has 4 nitrogen and oxygen atoms in total. The molecular formula is C17H20F2N2O2. The Morgan fingerprint density at radius 1 is 1.30 bits per heavy atom. The lowest BCUT2D eigenvalue weighted by Crippen LogP contribution is -2.40. The maximum atomic E-state index is 13.8. The number of rotatable bonds is 2. The predicted octanol–water partition coefficient (Wildman–Crippen LogP) is 3.11. The predicted molar refractivity (Wildman–Crippen MR) is 82.0 cm³/mol. The highest BCUT2D eigenvalue weighted by Gasteiger charge is 2.33. The molecule has 1 fully saturated rings. The van der Waals surface area contributed by atoms with Gasteiger partial charge in [0.2, 0.25) is 6.10 Å². The molecule has 1 aromatic carbocycles. The van der Waals surface area contributed by atoms with Crippen molar-refractivity contribution in [2.75, 3.05) is 13.1 Å². The van der Waals surface area contributed by atoms with Crippen LogP contribution in [0.1, 0.15) is 38.2 Å². The Bertz CT molecular complexity index is 633. The van der Waals surface area contributed by atoms with Crippen LogP contribution in [0.5, 0.6) is 0 Å². The summed E-state index contributed by atoms with van der Waals surface area (Å²) < 4.78 is 27.1. The van der Waals surface area contributed by atoms with Crippen molar-refractivity contribution < 1.29 is 18.4 Å². The first-order valence-electron chi connectivity index (χ1n) is 8.01. The second kappa shape index (κ2) is 6.64. The minimum absolute atomic E-state index is 0.0600. The highest BCUT2D eigenvalue weighted by atomic mass is 19.1. The van der Waals surface area contributed by atoms with Crippen LogP contribution in [0.2, 0.25) is 0 Å². The van der Waals surface area contributed by atoms with Crippen molar-refractivity contribution in [1.29, 1.82) is 0 Å². The Morgan fingerprint density at radius 2 is 2.13 bits per heavy atom. The number of carbonyl (C=O) groups excluding carboxylic acids is 1. The summed E-state index contributed by atoms with van der Waals surface area (Å²) in [7, 11) is 0. The first-order valence-corrected chi connectivity index (χ1v) is 8.01. The van der Waals surface area contributed by atoms with Gasteiger partial charge in [-0.2, -0.15) is 0 Å². The number of amides is 1. The molecule has 0 unspecified atom stereocenters. The van der Waals surface area contributed by atoms with Crippen LogP contribution in [0.4, 0.5) is 8.78 Å². The highest BCUT2D eigenvalue weighted by molar-refractivity contribution is 6.04. The van der Waals surface area contributed by atoms with Gasteiger partial charge < -0.3 is 9.74 Å². The number of halogens is 2. The maximum absolute atomic E-state index is 13.8. The summed E-state index contributed by atoms with van der Waals surface area (Å²) >= 11 is 0. The van der Waals surface area contributed by atoms with Crippen LogP contribution in [-0.2, 0) is 9.63 Å². The summed E-state index contributed by atoms with van der Waals surface area (Å²) in [5, 5.41) is 3.81. The van der Waals surface area contributed by atoms with E-state index in [1.54, 1.807) is 4.90 Å². The van der Waals surface area contributed by atoms with Crippen molar-refractivity contribution in [2.45, 2.75) is 38.7 Å². The monoisotopic (exact) mass is 322 g/mol. The standard InChI is InChI=1S/C17H20F2N2O2/c1-11-3-2-7-21(8-6-11)17(22)16-10-15(20-23-16)13-9-12(18)4-5-14(13)19/h4-5,9,11,16H,2-3,6-8,10H2,1H3/t11-,16+/m1/s1. The third kappa shape index (κ3) is 3.51. The summed E-state index contributed by atoms with van der Waals surface area (Å²) in [6.07, 6.45) is 2.51. The average molecular weight is 322 g/mol. The molecule has 124 valence electrons. The van der Waals surface area contributed by atoms with Crippen LogP contribution >= 0.6 is 0 Å². The van der Waals surface area contributed by atoms with Gasteiger partial charge in [0.15, 0.2) is 0 Å². The van der Waals surface area contributed by atoms with Gasteiger partial charge in [-0.05, 0) is 43.4 Å². The molecule has 1 saturated heterocycles. The fraction of sp³-hybridized carbons (Fsp3) is 0.529. The van der Waals surface area contributed by atoms with Crippen molar-refractivity contribution >= 4 is 11.6 Å². The van der Waals surface area contributed by atoms with Crippen LogP contribution in [0, 0.1) is 17.6 Å². The number of benzene rings is 1. The third-order valence-corrected chi connectivity index (χ3v) is 4.51. The fourth-order valence-electron chi connectivity index (χ4n) is 3.07. The topological polar surface area (TPSA) is 41.9 Å². The largest absolute Gasteiger partial charge is 0.382 e. The number of likely N-dealkylation sites (tertiary alicyclic amines) is 1. The molecule has 0 aromatic heterocycles. The van der Waals surface area contributed by atoms with Crippen LogP contribution in [0.15, 0.2) is 23.4 Å². The van der Waals surface area contributed by atoms with E-state index in [9.17, 15) is 13.6 Å². The summed E-state index contributed by atoms with van der Waals surface area (Å²) in [5.74, 6) is -0.606. The molecule has 2 aliphatic rings. The fourth-order valence-corrected chi connectivity index (χ4v) is 3.07. The van der Waals surface area contributed by atoms with Crippen LogP contribution < -0.4 is 0 Å². The molecule has 0 radical (unpaired) electrons. The van der Waals surface area contributed by atoms with Crippen molar-refractivity contribution in [3.63, 3.8) is 0 Å². The Labute approximate surface area is 134 Å². The molecule has 0 saturated carbocycles. The summed E-state index contributed by atoms with van der Waals surface area (Å²) in [5.41, 5.74) is 0.341. The molecule has 0 bridgehead atoms. The number of carbonyl (C=O) groups is 1. The van der Waals surface area contributed by atoms with Gasteiger partial charge in [0.25, 0.3) is 5.91 Å². The Kier molecular flexibility index (Phi) is 4.59. The minimum atomic E-state index is -0.735. The van der Waals surface area contributed by atoms with E-state index in [2.05, 4.69) is 12.1 Å². The highest BCUT2D eigenvalue weighted by Crippen LogP contribution is 2.23. The van der Waals surface area contributed by atoms with Crippen molar-refractivity contribution in [1.82, 2.24) is 4.90 Å². The smallest absolute Gasteiger partial charge is 0.266 e. The first kappa shape index (κ1) is 15.9. The van der Waals surface area contributed by atoms with Crippen LogP contribution in [0.3, 0.4) is 0 Å². The maximum Gasteiger partial charge on any atom is 0.266 e. The van der Waals surface area contributed by atoms with Gasteiger partial charge in [0, 0.05) is 25.1 Å². The number of hydrogen-bond acceptors (Lipinski definition) is 3. The number of hydrogen-bond donors (Lipinski definition) is 0. The lowest BCUT2D eigenvalue weighted by atomic mass is 10.0. The zero-order chi connectivity index (χ0) is 16.4. The van der Waals surface area contributed by atoms with E-state index in [1.807, 2.05) is 0 Å². The van der Waals surface area contributed by atoms with Crippen LogP contribution in [-0.4, -0.2) is 35.7 Å². The molecule has 1 aromatic rings. The normalized spacial score (nSPS) is 24.8. The van der Waals surface area contributed by atoms with E-state index in [4.69, 9.17) is 4.84 Å². The zero-order valence-corrected chi connectivity index (χ0v) is 13.1. The summed E-state index contributed by atoms with van der Waals surface area (Å²) in [6.45, 7) is 3.62. The molecule has 0 spiro atoms. The van der Waals surface area contributed by atoms with Gasteiger partial charge in [-0.15, -0.1) is 0 Å². The lowest BCUT2D eigenvalue weighted by Gasteiger charge is -2.22. The molecular weight excluding hydrogens is 302 g/mol. The molecule has 2 atom stereocenters. The van der Waals surface area contributed by atoms with Gasteiger partial charge in [-0.3, -0.25) is 4.79 Å². The van der Waals surface area contributed by atoms with E-state index in [1.165, 1.54) is 0 Å². The van der Waals surface area contributed by atoms with E-state index in [0.29, 0.717) is 19.0 Å². The van der Waals surface area contributed by atoms with Gasteiger partial charge >= 0.3 is 0 Å². The van der Waals surface area contributed by atoms with Crippen LogP contribution in [0.25, 0.3) is 0 Å². The van der Waals surface area contributed by atoms with Crippen molar-refractivity contribution in [3.05, 3.63) is 35.4 Å². The molecule has 1 amide bonds. The lowest BCUT2D eigenvalue weighted by molar-refractivity contribution is -0.142. The van der Waals surface area contributed by atoms with E-state index in [0.717, 1.165) is 37.5 Å². The van der Waals surface area contributed by atoms with E-state index >= 15 is 0 Å². The van der Waals surface area contributed by atoms with E-state index in [-0.39, 0.29) is 23.6 Å². The van der Waals surface area contributed by atoms with Crippen molar-refractivity contribution in [2.24, 2.45) is 11.1 Å². The molecule has 2 heterocycles. The Morgan fingerprint density at radius 3 is 2.96 bits per heavy atom. The first-order chi connectivity index (χ1) is 11.0. The van der Waals surface area contributed by atoms with Gasteiger partial charge in [-0.1, -0.05) is 12.1 Å². The molecule has 0 aliphatic carbocycles. The van der Waals surface area contributed by atoms with E-state index < -0.39 is 17.7 Å². The quantitative estimate of drug-likeness (QED) is 0.839. The summed E-state index contributed by atoms with van der Waals surface area (Å²) in [4.78, 5) is 19.6.